The number of hydrogen-bond acceptors (Lipinski definition) is 5. The number of ketones is 1. The highest BCUT2D eigenvalue weighted by molar-refractivity contribution is 7.14. The minimum atomic E-state index is -0.0851. The Morgan fingerprint density at radius 2 is 2.35 bits per heavy atom. The van der Waals surface area contributed by atoms with E-state index in [9.17, 15) is 4.79 Å². The van der Waals surface area contributed by atoms with E-state index >= 15 is 0 Å². The van der Waals surface area contributed by atoms with Gasteiger partial charge in [0.2, 0.25) is 0 Å². The third-order valence-electron chi connectivity index (χ3n) is 4.33. The molecule has 2 saturated heterocycles. The highest BCUT2D eigenvalue weighted by Gasteiger charge is 2.34. The van der Waals surface area contributed by atoms with Crippen LogP contribution < -0.4 is 4.90 Å². The fourth-order valence-electron chi connectivity index (χ4n) is 3.21. The number of piperazine rings is 1. The van der Waals surface area contributed by atoms with Crippen LogP contribution in [0.15, 0.2) is 5.38 Å². The molecule has 0 saturated carbocycles. The Labute approximate surface area is 128 Å². The molecule has 2 atom stereocenters. The molecule has 3 rings (SSSR count). The minimum absolute atomic E-state index is 0.00906. The summed E-state index contributed by atoms with van der Waals surface area (Å²) in [5, 5.41) is 2.80. The van der Waals surface area contributed by atoms with Crippen molar-refractivity contribution in [2.45, 2.75) is 38.3 Å². The van der Waals surface area contributed by atoms with Crippen LogP contribution in [0.3, 0.4) is 0 Å². The van der Waals surface area contributed by atoms with Gasteiger partial charge in [0, 0.05) is 30.6 Å². The molecule has 4 nitrogen and oxygen atoms in total. The summed E-state index contributed by atoms with van der Waals surface area (Å²) in [6.07, 6.45) is 3.94. The van der Waals surface area contributed by atoms with E-state index in [1.54, 1.807) is 11.3 Å². The van der Waals surface area contributed by atoms with Gasteiger partial charge in [-0.3, -0.25) is 9.69 Å². The first-order valence-electron chi connectivity index (χ1n) is 7.24. The predicted octanol–water partition coefficient (Wildman–Crippen LogP) is 2.63. The fourth-order valence-corrected chi connectivity index (χ4v) is 4.29. The van der Waals surface area contributed by atoms with E-state index in [0.29, 0.717) is 17.8 Å². The van der Waals surface area contributed by atoms with Gasteiger partial charge in [-0.1, -0.05) is 6.42 Å². The van der Waals surface area contributed by atoms with Crippen molar-refractivity contribution in [3.05, 3.63) is 11.1 Å². The lowest BCUT2D eigenvalue weighted by Crippen LogP contribution is -2.58. The second-order valence-electron chi connectivity index (χ2n) is 5.72. The Morgan fingerprint density at radius 3 is 3.15 bits per heavy atom. The van der Waals surface area contributed by atoms with E-state index in [2.05, 4.69) is 21.7 Å². The molecule has 0 spiro atoms. The number of hydrogen-bond donors (Lipinski definition) is 0. The summed E-state index contributed by atoms with van der Waals surface area (Å²) in [5.74, 6) is -0.0760. The number of nitrogens with zero attached hydrogens (tertiary/aromatic N) is 3. The van der Waals surface area contributed by atoms with E-state index in [4.69, 9.17) is 11.6 Å². The lowest BCUT2D eigenvalue weighted by Gasteiger charge is -2.47. The van der Waals surface area contributed by atoms with Gasteiger partial charge >= 0.3 is 0 Å². The Kier molecular flexibility index (Phi) is 4.29. The first-order valence-corrected chi connectivity index (χ1v) is 8.66. The van der Waals surface area contributed by atoms with Crippen LogP contribution in [0, 0.1) is 0 Å². The lowest BCUT2D eigenvalue weighted by atomic mass is 9.97. The number of thiazole rings is 1. The quantitative estimate of drug-likeness (QED) is 0.635. The van der Waals surface area contributed by atoms with Crippen LogP contribution in [-0.2, 0) is 0 Å². The Bertz CT molecular complexity index is 493. The first-order chi connectivity index (χ1) is 9.69. The number of halogens is 1. The number of carbonyl (C=O) groups excluding carboxylic acids is 1. The topological polar surface area (TPSA) is 36.4 Å². The van der Waals surface area contributed by atoms with Gasteiger partial charge in [-0.05, 0) is 26.3 Å². The summed E-state index contributed by atoms with van der Waals surface area (Å²) in [5.41, 5.74) is 0.512. The zero-order chi connectivity index (χ0) is 14.1. The number of fused-ring (bicyclic) bond motifs is 1. The second kappa shape index (κ2) is 6.00. The molecule has 2 aliphatic heterocycles. The summed E-state index contributed by atoms with van der Waals surface area (Å²) in [6.45, 7) is 5.61. The molecule has 20 heavy (non-hydrogen) atoms. The van der Waals surface area contributed by atoms with Crippen LogP contribution in [0.5, 0.6) is 0 Å². The normalized spacial score (nSPS) is 27.4. The SMILES string of the molecule is CC1CN2CCCCC2CN1c1nc(C(=O)CCl)cs1. The van der Waals surface area contributed by atoms with Crippen LogP contribution in [0.4, 0.5) is 5.13 Å². The van der Waals surface area contributed by atoms with Crippen molar-refractivity contribution in [1.29, 1.82) is 0 Å². The molecule has 1 aromatic heterocycles. The summed E-state index contributed by atoms with van der Waals surface area (Å²) in [6, 6.07) is 1.10. The zero-order valence-corrected chi connectivity index (χ0v) is 13.3. The highest BCUT2D eigenvalue weighted by Crippen LogP contribution is 2.30. The van der Waals surface area contributed by atoms with Crippen molar-refractivity contribution in [3.63, 3.8) is 0 Å². The molecular weight excluding hydrogens is 294 g/mol. The van der Waals surface area contributed by atoms with Gasteiger partial charge < -0.3 is 4.90 Å². The number of alkyl halides is 1. The van der Waals surface area contributed by atoms with E-state index in [1.807, 2.05) is 5.38 Å². The van der Waals surface area contributed by atoms with Crippen molar-refractivity contribution >= 4 is 33.9 Å². The molecule has 3 heterocycles. The minimum Gasteiger partial charge on any atom is -0.343 e. The molecule has 1 aromatic rings. The van der Waals surface area contributed by atoms with E-state index in [-0.39, 0.29) is 11.7 Å². The maximum Gasteiger partial charge on any atom is 0.196 e. The summed E-state index contributed by atoms with van der Waals surface area (Å²) in [7, 11) is 0. The molecular formula is C14H20ClN3OS. The number of anilines is 1. The molecule has 0 N–H and O–H groups in total. The van der Waals surface area contributed by atoms with Gasteiger partial charge in [0.05, 0.1) is 5.88 Å². The third kappa shape index (κ3) is 2.71. The molecule has 2 unspecified atom stereocenters. The van der Waals surface area contributed by atoms with Crippen molar-refractivity contribution in [2.75, 3.05) is 30.4 Å². The molecule has 0 aliphatic carbocycles. The smallest absolute Gasteiger partial charge is 0.196 e. The van der Waals surface area contributed by atoms with E-state index in [1.165, 1.54) is 25.8 Å². The predicted molar refractivity (Wildman–Crippen MR) is 83.2 cm³/mol. The summed E-state index contributed by atoms with van der Waals surface area (Å²) >= 11 is 7.16. The molecule has 0 radical (unpaired) electrons. The molecule has 2 fully saturated rings. The average molecular weight is 314 g/mol. The van der Waals surface area contributed by atoms with Gasteiger partial charge in [-0.2, -0.15) is 0 Å². The lowest BCUT2D eigenvalue weighted by molar-refractivity contribution is 0.101. The van der Waals surface area contributed by atoms with Gasteiger partial charge in [0.25, 0.3) is 0 Å². The largest absolute Gasteiger partial charge is 0.343 e. The fraction of sp³-hybridized carbons (Fsp3) is 0.714. The van der Waals surface area contributed by atoms with Crippen molar-refractivity contribution in [2.24, 2.45) is 0 Å². The zero-order valence-electron chi connectivity index (χ0n) is 11.7. The molecule has 110 valence electrons. The van der Waals surface area contributed by atoms with Crippen molar-refractivity contribution < 1.29 is 4.79 Å². The summed E-state index contributed by atoms with van der Waals surface area (Å²) < 4.78 is 0. The van der Waals surface area contributed by atoms with Crippen LogP contribution in [0.25, 0.3) is 0 Å². The number of Topliss-reactive ketones (excluding diaryl/α,β-unsaturated/α-hetero) is 1. The number of rotatable bonds is 3. The first kappa shape index (κ1) is 14.3. The standard InChI is InChI=1S/C14H20ClN3OS/c1-10-7-17-5-3-2-4-11(17)8-18(10)14-16-12(9-20-14)13(19)6-15/h9-11H,2-8H2,1H3. The molecule has 0 aromatic carbocycles. The van der Waals surface area contributed by atoms with Crippen LogP contribution in [0.2, 0.25) is 0 Å². The summed E-state index contributed by atoms with van der Waals surface area (Å²) in [4.78, 5) is 21.1. The van der Waals surface area contributed by atoms with Crippen molar-refractivity contribution in [1.82, 2.24) is 9.88 Å². The highest BCUT2D eigenvalue weighted by atomic mass is 35.5. The van der Waals surface area contributed by atoms with E-state index < -0.39 is 0 Å². The number of carbonyl (C=O) groups is 1. The number of aromatic nitrogens is 1. The third-order valence-corrected chi connectivity index (χ3v) is 5.45. The van der Waals surface area contributed by atoms with Gasteiger partial charge in [0.15, 0.2) is 10.9 Å². The van der Waals surface area contributed by atoms with Crippen LogP contribution in [0.1, 0.15) is 36.7 Å². The Balaban J connectivity index is 1.75. The number of piperidine rings is 1. The van der Waals surface area contributed by atoms with Crippen LogP contribution in [-0.4, -0.2) is 53.3 Å². The maximum atomic E-state index is 11.6. The van der Waals surface area contributed by atoms with Gasteiger partial charge in [0.1, 0.15) is 5.69 Å². The van der Waals surface area contributed by atoms with Gasteiger partial charge in [-0.25, -0.2) is 4.98 Å². The van der Waals surface area contributed by atoms with Crippen molar-refractivity contribution in [3.8, 4) is 0 Å². The second-order valence-corrected chi connectivity index (χ2v) is 6.82. The Morgan fingerprint density at radius 1 is 1.50 bits per heavy atom. The average Bonchev–Trinajstić information content (AvgIpc) is 2.95. The maximum absolute atomic E-state index is 11.6. The monoisotopic (exact) mass is 313 g/mol. The molecule has 2 aliphatic rings. The molecule has 0 amide bonds. The van der Waals surface area contributed by atoms with E-state index in [0.717, 1.165) is 18.2 Å². The Hall–Kier alpha value is -0.650. The molecule has 6 heteroatoms. The van der Waals surface area contributed by atoms with Gasteiger partial charge in [-0.15, -0.1) is 22.9 Å². The van der Waals surface area contributed by atoms with Crippen LogP contribution >= 0.6 is 22.9 Å². The molecule has 0 bridgehead atoms.